The predicted molar refractivity (Wildman–Crippen MR) is 135 cm³/mol. The molecule has 0 saturated heterocycles. The van der Waals surface area contributed by atoms with E-state index >= 15 is 0 Å². The number of ether oxygens (including phenoxy) is 1. The van der Waals surface area contributed by atoms with Crippen LogP contribution in [0.4, 0.5) is 0 Å². The highest BCUT2D eigenvalue weighted by Gasteiger charge is 2.45. The average molecular weight is 453 g/mol. The van der Waals surface area contributed by atoms with Crippen LogP contribution in [0.2, 0.25) is 5.02 Å². The standard InChI is InChI=1S/C29H37ClO2/c1-7-32-28(31)29(16-19(2)12-20(3)17-29)18-21(4)13-25-14-23(6)27(15-22(25)5)24-8-10-26(30)11-9-24/h8-11,14-15,19-20H,4,7,12-13,16-18H2,1-3,5-6H3. The summed E-state index contributed by atoms with van der Waals surface area (Å²) in [5, 5.41) is 0.748. The normalized spacial score (nSPS) is 23.1. The lowest BCUT2D eigenvalue weighted by atomic mass is 9.63. The van der Waals surface area contributed by atoms with Crippen molar-refractivity contribution in [1.82, 2.24) is 0 Å². The van der Waals surface area contributed by atoms with Gasteiger partial charge < -0.3 is 4.74 Å². The van der Waals surface area contributed by atoms with Crippen LogP contribution in [0.5, 0.6) is 0 Å². The summed E-state index contributed by atoms with van der Waals surface area (Å²) >= 11 is 6.06. The maximum Gasteiger partial charge on any atom is 0.312 e. The van der Waals surface area contributed by atoms with E-state index in [0.29, 0.717) is 24.9 Å². The van der Waals surface area contributed by atoms with Crippen LogP contribution in [0, 0.1) is 31.1 Å². The van der Waals surface area contributed by atoms with Crippen molar-refractivity contribution < 1.29 is 9.53 Å². The molecule has 0 spiro atoms. The van der Waals surface area contributed by atoms with Crippen LogP contribution in [0.3, 0.4) is 0 Å². The average Bonchev–Trinajstić information content (AvgIpc) is 2.70. The summed E-state index contributed by atoms with van der Waals surface area (Å²) in [7, 11) is 0. The number of carbonyl (C=O) groups excluding carboxylic acids is 1. The first-order valence-electron chi connectivity index (χ1n) is 11.8. The fraction of sp³-hybridized carbons (Fsp3) is 0.483. The smallest absolute Gasteiger partial charge is 0.312 e. The summed E-state index contributed by atoms with van der Waals surface area (Å²) in [4.78, 5) is 13.1. The van der Waals surface area contributed by atoms with Gasteiger partial charge in [0.2, 0.25) is 0 Å². The lowest BCUT2D eigenvalue weighted by Crippen LogP contribution is -2.40. The maximum absolute atomic E-state index is 13.1. The number of benzene rings is 2. The molecule has 0 N–H and O–H groups in total. The monoisotopic (exact) mass is 452 g/mol. The van der Waals surface area contributed by atoms with Crippen molar-refractivity contribution in [3.8, 4) is 11.1 Å². The third-order valence-electron chi connectivity index (χ3n) is 6.86. The van der Waals surface area contributed by atoms with Gasteiger partial charge in [0.25, 0.3) is 0 Å². The second-order valence-corrected chi connectivity index (χ2v) is 10.5. The number of esters is 1. The molecule has 2 unspecified atom stereocenters. The topological polar surface area (TPSA) is 26.3 Å². The molecule has 0 aliphatic heterocycles. The molecule has 1 saturated carbocycles. The lowest BCUT2D eigenvalue weighted by molar-refractivity contribution is -0.159. The zero-order valence-corrected chi connectivity index (χ0v) is 21.0. The Kier molecular flexibility index (Phi) is 7.88. The molecule has 0 bridgehead atoms. The molecule has 0 radical (unpaired) electrons. The van der Waals surface area contributed by atoms with Crippen LogP contribution < -0.4 is 0 Å². The van der Waals surface area contributed by atoms with Crippen LogP contribution in [-0.4, -0.2) is 12.6 Å². The molecule has 0 aromatic heterocycles. The molecule has 172 valence electrons. The van der Waals surface area contributed by atoms with E-state index in [-0.39, 0.29) is 5.97 Å². The summed E-state index contributed by atoms with van der Waals surface area (Å²) in [5.74, 6) is 1.02. The van der Waals surface area contributed by atoms with E-state index in [2.05, 4.69) is 58.5 Å². The zero-order valence-electron chi connectivity index (χ0n) is 20.3. The van der Waals surface area contributed by atoms with Crippen molar-refractivity contribution in [2.75, 3.05) is 6.61 Å². The van der Waals surface area contributed by atoms with Gasteiger partial charge in [0, 0.05) is 5.02 Å². The lowest BCUT2D eigenvalue weighted by Gasteiger charge is -2.41. The minimum Gasteiger partial charge on any atom is -0.466 e. The van der Waals surface area contributed by atoms with Crippen molar-refractivity contribution in [3.05, 3.63) is 70.3 Å². The van der Waals surface area contributed by atoms with Gasteiger partial charge in [0.05, 0.1) is 12.0 Å². The van der Waals surface area contributed by atoms with Gasteiger partial charge in [-0.05, 0) is 105 Å². The number of aryl methyl sites for hydroxylation is 2. The first-order chi connectivity index (χ1) is 15.1. The number of hydrogen-bond acceptors (Lipinski definition) is 2. The van der Waals surface area contributed by atoms with Crippen LogP contribution in [0.15, 0.2) is 48.6 Å². The summed E-state index contributed by atoms with van der Waals surface area (Å²) in [5.41, 5.74) is 6.84. The quantitative estimate of drug-likeness (QED) is 0.313. The molecular weight excluding hydrogens is 416 g/mol. The first kappa shape index (κ1) is 24.6. The largest absolute Gasteiger partial charge is 0.466 e. The van der Waals surface area contributed by atoms with E-state index in [1.165, 1.54) is 34.2 Å². The number of rotatable bonds is 7. The fourth-order valence-corrected chi connectivity index (χ4v) is 5.88. The van der Waals surface area contributed by atoms with Gasteiger partial charge in [0.15, 0.2) is 0 Å². The molecule has 1 aliphatic carbocycles. The van der Waals surface area contributed by atoms with Crippen molar-refractivity contribution in [1.29, 1.82) is 0 Å². The second kappa shape index (κ2) is 10.3. The Hall–Kier alpha value is -2.06. The van der Waals surface area contributed by atoms with Gasteiger partial charge in [-0.25, -0.2) is 0 Å². The molecule has 1 fully saturated rings. The highest BCUT2D eigenvalue weighted by Crippen LogP contribution is 2.47. The number of halogens is 1. The Balaban J connectivity index is 1.81. The van der Waals surface area contributed by atoms with Crippen molar-refractivity contribution in [2.45, 2.75) is 66.7 Å². The Morgan fingerprint density at radius 1 is 1.09 bits per heavy atom. The zero-order chi connectivity index (χ0) is 23.5. The molecule has 3 heteroatoms. The second-order valence-electron chi connectivity index (χ2n) is 10.1. The molecule has 2 aromatic carbocycles. The van der Waals surface area contributed by atoms with E-state index in [4.69, 9.17) is 16.3 Å². The van der Waals surface area contributed by atoms with Crippen LogP contribution in [-0.2, 0) is 16.0 Å². The molecule has 0 heterocycles. The molecule has 2 aromatic rings. The van der Waals surface area contributed by atoms with Crippen molar-refractivity contribution in [3.63, 3.8) is 0 Å². The highest BCUT2D eigenvalue weighted by atomic mass is 35.5. The first-order valence-corrected chi connectivity index (χ1v) is 12.2. The Morgan fingerprint density at radius 3 is 2.31 bits per heavy atom. The molecule has 2 nitrogen and oxygen atoms in total. The predicted octanol–water partition coefficient (Wildman–Crippen LogP) is 8.12. The van der Waals surface area contributed by atoms with Gasteiger partial charge in [-0.15, -0.1) is 0 Å². The molecule has 32 heavy (non-hydrogen) atoms. The molecule has 3 rings (SSSR count). The van der Waals surface area contributed by atoms with Gasteiger partial charge >= 0.3 is 5.97 Å². The van der Waals surface area contributed by atoms with Gasteiger partial charge in [-0.1, -0.05) is 61.9 Å². The van der Waals surface area contributed by atoms with E-state index in [1.807, 2.05) is 19.1 Å². The van der Waals surface area contributed by atoms with E-state index in [1.54, 1.807) is 0 Å². The number of hydrogen-bond donors (Lipinski definition) is 0. The Morgan fingerprint density at radius 2 is 1.72 bits per heavy atom. The van der Waals surface area contributed by atoms with Crippen molar-refractivity contribution >= 4 is 17.6 Å². The van der Waals surface area contributed by atoms with E-state index in [9.17, 15) is 4.79 Å². The molecular formula is C29H37ClO2. The van der Waals surface area contributed by atoms with Crippen LogP contribution in [0.25, 0.3) is 11.1 Å². The Bertz CT molecular complexity index is 963. The van der Waals surface area contributed by atoms with Gasteiger partial charge in [-0.3, -0.25) is 4.79 Å². The summed E-state index contributed by atoms with van der Waals surface area (Å²) < 4.78 is 5.56. The van der Waals surface area contributed by atoms with E-state index in [0.717, 1.165) is 29.9 Å². The highest BCUT2D eigenvalue weighted by molar-refractivity contribution is 6.30. The summed E-state index contributed by atoms with van der Waals surface area (Å²) in [6.45, 7) is 15.6. The molecule has 1 aliphatic rings. The summed E-state index contributed by atoms with van der Waals surface area (Å²) in [6.07, 6.45) is 4.46. The molecule has 2 atom stereocenters. The van der Waals surface area contributed by atoms with Crippen molar-refractivity contribution in [2.24, 2.45) is 17.3 Å². The maximum atomic E-state index is 13.1. The van der Waals surface area contributed by atoms with Crippen LogP contribution >= 0.6 is 11.6 Å². The molecule has 0 amide bonds. The summed E-state index contributed by atoms with van der Waals surface area (Å²) in [6, 6.07) is 12.5. The van der Waals surface area contributed by atoms with Gasteiger partial charge in [0.1, 0.15) is 0 Å². The third kappa shape index (κ3) is 5.64. The van der Waals surface area contributed by atoms with Crippen LogP contribution in [0.1, 0.15) is 63.1 Å². The van der Waals surface area contributed by atoms with Gasteiger partial charge in [-0.2, -0.15) is 0 Å². The fourth-order valence-electron chi connectivity index (χ4n) is 5.76. The third-order valence-corrected chi connectivity index (χ3v) is 7.11. The Labute approximate surface area is 199 Å². The number of carbonyl (C=O) groups is 1. The number of allylic oxidation sites excluding steroid dienone is 1. The SMILES string of the molecule is C=C(Cc1cc(C)c(-c2ccc(Cl)cc2)cc1C)CC1(C(=O)OCC)CC(C)CC(C)C1. The minimum atomic E-state index is -0.434. The van der Waals surface area contributed by atoms with E-state index < -0.39 is 5.41 Å². The minimum absolute atomic E-state index is 0.0365.